The Kier molecular flexibility index (Phi) is 8.81. The Morgan fingerprint density at radius 2 is 1.87 bits per heavy atom. The van der Waals surface area contributed by atoms with Crippen LogP contribution in [0.3, 0.4) is 0 Å². The molecule has 11 heteroatoms. The van der Waals surface area contributed by atoms with Crippen LogP contribution in [-0.4, -0.2) is 61.7 Å². The lowest BCUT2D eigenvalue weighted by Gasteiger charge is -2.33. The molecule has 0 radical (unpaired) electrons. The molecule has 238 valence electrons. The molecule has 1 saturated heterocycles. The Bertz CT molecular complexity index is 1690. The number of H-pyrrole nitrogens is 1. The van der Waals surface area contributed by atoms with Gasteiger partial charge in [0, 0.05) is 28.9 Å². The Morgan fingerprint density at radius 3 is 2.58 bits per heavy atom. The molecule has 1 amide bonds. The second-order valence-corrected chi connectivity index (χ2v) is 14.2. The molecule has 3 N–H and O–H groups in total. The van der Waals surface area contributed by atoms with Gasteiger partial charge in [-0.05, 0) is 94.7 Å². The molecule has 2 aromatic carbocycles. The summed E-state index contributed by atoms with van der Waals surface area (Å²) in [6.07, 6.45) is 3.50. The van der Waals surface area contributed by atoms with Gasteiger partial charge >= 0.3 is 6.09 Å². The quantitative estimate of drug-likeness (QED) is 0.149. The van der Waals surface area contributed by atoms with Crippen LogP contribution < -0.4 is 15.4 Å². The summed E-state index contributed by atoms with van der Waals surface area (Å²) >= 11 is 1.80. The van der Waals surface area contributed by atoms with Crippen molar-refractivity contribution in [2.75, 3.05) is 30.3 Å². The molecule has 1 aliphatic heterocycles. The number of hydrogen-bond donors (Lipinski definition) is 3. The van der Waals surface area contributed by atoms with Crippen molar-refractivity contribution in [2.45, 2.75) is 88.9 Å². The lowest BCUT2D eigenvalue weighted by molar-refractivity contribution is 0.0521. The predicted octanol–water partition coefficient (Wildman–Crippen LogP) is 8.22. The van der Waals surface area contributed by atoms with Crippen LogP contribution in [0.15, 0.2) is 41.3 Å². The smallest absolute Gasteiger partial charge is 0.410 e. The highest BCUT2D eigenvalue weighted by molar-refractivity contribution is 8.00. The number of carbonyl (C=O) groups is 1. The maximum absolute atomic E-state index is 12.6. The normalized spacial score (nSPS) is 16.2. The summed E-state index contributed by atoms with van der Waals surface area (Å²) in [6.45, 7) is 14.4. The third kappa shape index (κ3) is 6.98. The van der Waals surface area contributed by atoms with E-state index in [9.17, 15) is 4.79 Å². The van der Waals surface area contributed by atoms with Crippen molar-refractivity contribution < 1.29 is 14.3 Å². The summed E-state index contributed by atoms with van der Waals surface area (Å²) in [6, 6.07) is 12.5. The molecule has 4 aromatic rings. The van der Waals surface area contributed by atoms with Gasteiger partial charge in [0.05, 0.1) is 23.4 Å². The molecular formula is C34H43N7O3S. The topological polar surface area (TPSA) is 117 Å². The average Bonchev–Trinajstić information content (AvgIpc) is 3.61. The number of thioether (sulfide) groups is 1. The third-order valence-corrected chi connectivity index (χ3v) is 9.57. The van der Waals surface area contributed by atoms with Crippen LogP contribution in [-0.2, 0) is 4.74 Å². The Hall–Kier alpha value is -3.99. The van der Waals surface area contributed by atoms with Crippen LogP contribution in [0.25, 0.3) is 11.0 Å². The summed E-state index contributed by atoms with van der Waals surface area (Å²) in [4.78, 5) is 25.3. The van der Waals surface area contributed by atoms with Gasteiger partial charge in [-0.1, -0.05) is 26.0 Å². The number of nitrogens with one attached hydrogen (secondary N) is 3. The average molecular weight is 630 g/mol. The van der Waals surface area contributed by atoms with Crippen LogP contribution in [0.2, 0.25) is 0 Å². The summed E-state index contributed by atoms with van der Waals surface area (Å²) in [5, 5.41) is 15.8. The van der Waals surface area contributed by atoms with Crippen LogP contribution in [0, 0.1) is 13.8 Å². The highest BCUT2D eigenvalue weighted by Gasteiger charge is 2.43. The van der Waals surface area contributed by atoms with E-state index in [1.807, 2.05) is 31.7 Å². The van der Waals surface area contributed by atoms with Gasteiger partial charge in [-0.15, -0.1) is 11.8 Å². The fourth-order valence-electron chi connectivity index (χ4n) is 5.83. The van der Waals surface area contributed by atoms with Crippen molar-refractivity contribution in [2.24, 2.45) is 0 Å². The van der Waals surface area contributed by atoms with Crippen molar-refractivity contribution in [1.29, 1.82) is 0 Å². The second-order valence-electron chi connectivity index (χ2n) is 12.6. The van der Waals surface area contributed by atoms with E-state index < -0.39 is 0 Å². The van der Waals surface area contributed by atoms with Gasteiger partial charge in [-0.2, -0.15) is 15.1 Å². The van der Waals surface area contributed by atoms with Gasteiger partial charge in [-0.25, -0.2) is 4.79 Å². The highest BCUT2D eigenvalue weighted by atomic mass is 32.2. The number of aromatic nitrogens is 4. The summed E-state index contributed by atoms with van der Waals surface area (Å²) < 4.78 is 11.8. The number of likely N-dealkylation sites (tertiary alicyclic amines) is 1. The van der Waals surface area contributed by atoms with Gasteiger partial charge in [0.2, 0.25) is 5.95 Å². The van der Waals surface area contributed by atoms with Crippen molar-refractivity contribution >= 4 is 52.0 Å². The lowest BCUT2D eigenvalue weighted by Crippen LogP contribution is -2.40. The third-order valence-electron chi connectivity index (χ3n) is 8.49. The first kappa shape index (κ1) is 31.0. The number of para-hydroxylation sites is 1. The number of aryl methyl sites for hydroxylation is 2. The predicted molar refractivity (Wildman–Crippen MR) is 180 cm³/mol. The molecule has 0 spiro atoms. The molecule has 2 aliphatic rings. The maximum atomic E-state index is 12.6. The standard InChI is InChI=1S/C34H43N7O3S/c1-7-43-27-19-24(23-12-16-41(17-13-23)33(42)44-34(6)14-15-34)21(4)18-26(27)36-32-37-30(29-22(5)39-40-31(29)38-32)35-25-10-8-9-11-28(25)45-20(2)3/h8-11,18-20,23H,7,12-17H2,1-6H3,(H3,35,36,37,38,39,40). The monoisotopic (exact) mass is 629 g/mol. The van der Waals surface area contributed by atoms with Crippen molar-refractivity contribution in [3.63, 3.8) is 0 Å². The molecule has 3 heterocycles. The molecule has 2 aromatic heterocycles. The number of amides is 1. The Labute approximate surface area is 269 Å². The minimum Gasteiger partial charge on any atom is -0.492 e. The molecule has 10 nitrogen and oxygen atoms in total. The van der Waals surface area contributed by atoms with E-state index >= 15 is 0 Å². The fraction of sp³-hybridized carbons (Fsp3) is 0.471. The van der Waals surface area contributed by atoms with E-state index in [-0.39, 0.29) is 11.7 Å². The molecule has 6 rings (SSSR count). The Balaban J connectivity index is 1.25. The second kappa shape index (κ2) is 12.8. The van der Waals surface area contributed by atoms with E-state index in [0.717, 1.165) is 64.3 Å². The molecule has 1 saturated carbocycles. The van der Waals surface area contributed by atoms with Crippen LogP contribution >= 0.6 is 11.8 Å². The first-order valence-corrected chi connectivity index (χ1v) is 16.8. The molecule has 0 atom stereocenters. The van der Waals surface area contributed by atoms with Gasteiger partial charge < -0.3 is 25.0 Å². The number of carbonyl (C=O) groups excluding carboxylic acids is 1. The molecule has 0 bridgehead atoms. The van der Waals surface area contributed by atoms with Crippen LogP contribution in [0.5, 0.6) is 5.75 Å². The Morgan fingerprint density at radius 1 is 1.11 bits per heavy atom. The molecule has 45 heavy (non-hydrogen) atoms. The molecule has 1 aliphatic carbocycles. The largest absolute Gasteiger partial charge is 0.492 e. The summed E-state index contributed by atoms with van der Waals surface area (Å²) in [7, 11) is 0. The van der Waals surface area contributed by atoms with Gasteiger partial charge in [-0.3, -0.25) is 5.10 Å². The highest BCUT2D eigenvalue weighted by Crippen LogP contribution is 2.41. The minimum atomic E-state index is -0.252. The number of ether oxygens (including phenoxy) is 2. The van der Waals surface area contributed by atoms with Crippen LogP contribution in [0.1, 0.15) is 76.1 Å². The fourth-order valence-corrected chi connectivity index (χ4v) is 6.74. The van der Waals surface area contributed by atoms with Gasteiger partial charge in [0.15, 0.2) is 5.65 Å². The minimum absolute atomic E-state index is 0.181. The first-order chi connectivity index (χ1) is 21.6. The van der Waals surface area contributed by atoms with Gasteiger partial charge in [0.25, 0.3) is 0 Å². The molecule has 0 unspecified atom stereocenters. The zero-order chi connectivity index (χ0) is 31.7. The number of fused-ring (bicyclic) bond motifs is 1. The number of piperidine rings is 1. The number of aromatic amines is 1. The first-order valence-electron chi connectivity index (χ1n) is 15.9. The SMILES string of the molecule is CCOc1cc(C2CCN(C(=O)OC3(C)CC3)CC2)c(C)cc1Nc1nc(Nc2ccccc2SC(C)C)c2c(C)[nH]nc2n1. The van der Waals surface area contributed by atoms with E-state index in [0.29, 0.717) is 48.3 Å². The van der Waals surface area contributed by atoms with Crippen molar-refractivity contribution in [3.05, 3.63) is 53.2 Å². The van der Waals surface area contributed by atoms with Crippen molar-refractivity contribution in [1.82, 2.24) is 25.1 Å². The van der Waals surface area contributed by atoms with E-state index in [2.05, 4.69) is 71.9 Å². The zero-order valence-corrected chi connectivity index (χ0v) is 27.8. The number of benzene rings is 2. The molecular weight excluding hydrogens is 586 g/mol. The van der Waals surface area contributed by atoms with E-state index in [1.165, 1.54) is 5.56 Å². The van der Waals surface area contributed by atoms with E-state index in [1.54, 1.807) is 11.8 Å². The number of anilines is 4. The van der Waals surface area contributed by atoms with E-state index in [4.69, 9.17) is 19.4 Å². The lowest BCUT2D eigenvalue weighted by atomic mass is 9.86. The number of rotatable bonds is 10. The van der Waals surface area contributed by atoms with Gasteiger partial charge in [0.1, 0.15) is 17.2 Å². The maximum Gasteiger partial charge on any atom is 0.410 e. The van der Waals surface area contributed by atoms with Crippen LogP contribution in [0.4, 0.5) is 27.9 Å². The zero-order valence-electron chi connectivity index (χ0n) is 27.0. The molecule has 2 fully saturated rings. The number of hydrogen-bond acceptors (Lipinski definition) is 9. The number of nitrogens with zero attached hydrogens (tertiary/aromatic N) is 4. The summed E-state index contributed by atoms with van der Waals surface area (Å²) in [5.41, 5.74) is 5.40. The van der Waals surface area contributed by atoms with Crippen molar-refractivity contribution in [3.8, 4) is 5.75 Å². The summed E-state index contributed by atoms with van der Waals surface area (Å²) in [5.74, 6) is 2.18.